The molecule has 7 heteroatoms. The molecule has 0 aliphatic heterocycles. The van der Waals surface area contributed by atoms with E-state index < -0.39 is 12.1 Å². The maximum atomic E-state index is 12.8. The Morgan fingerprint density at radius 2 is 2.03 bits per heavy atom. The number of methoxy groups -OCH3 is 1. The van der Waals surface area contributed by atoms with Crippen molar-refractivity contribution in [1.29, 1.82) is 5.26 Å². The Morgan fingerprint density at radius 1 is 1.29 bits per heavy atom. The van der Waals surface area contributed by atoms with Gasteiger partial charge in [0.2, 0.25) is 5.78 Å². The number of rotatable bonds is 8. The lowest BCUT2D eigenvalue weighted by atomic mass is 10.1. The minimum Gasteiger partial charge on any atom is -0.450 e. The Morgan fingerprint density at radius 3 is 2.74 bits per heavy atom. The van der Waals surface area contributed by atoms with Crippen LogP contribution in [0.2, 0.25) is 0 Å². The van der Waals surface area contributed by atoms with Gasteiger partial charge in [0.1, 0.15) is 11.6 Å². The number of carbonyl (C=O) groups is 2. The number of hydrogen-bond donors (Lipinski definition) is 1. The molecular formula is C24H25N3O4. The lowest BCUT2D eigenvalue weighted by Gasteiger charge is -2.11. The van der Waals surface area contributed by atoms with Crippen molar-refractivity contribution in [2.45, 2.75) is 33.4 Å². The minimum absolute atomic E-state index is 0.162. The van der Waals surface area contributed by atoms with Gasteiger partial charge in [0.05, 0.1) is 6.61 Å². The van der Waals surface area contributed by atoms with E-state index in [1.54, 1.807) is 13.3 Å². The van der Waals surface area contributed by atoms with Gasteiger partial charge in [-0.2, -0.15) is 5.26 Å². The number of aromatic nitrogens is 2. The number of aromatic amines is 1. The molecule has 1 aromatic carbocycles. The number of ketones is 1. The van der Waals surface area contributed by atoms with Crippen molar-refractivity contribution < 1.29 is 19.1 Å². The van der Waals surface area contributed by atoms with Crippen molar-refractivity contribution in [2.24, 2.45) is 0 Å². The molecule has 1 atom stereocenters. The molecule has 0 bridgehead atoms. The Balaban J connectivity index is 1.78. The average molecular weight is 419 g/mol. The number of H-pyrrole nitrogens is 1. The van der Waals surface area contributed by atoms with Crippen molar-refractivity contribution in [3.05, 3.63) is 64.6 Å². The van der Waals surface area contributed by atoms with E-state index in [2.05, 4.69) is 9.55 Å². The van der Waals surface area contributed by atoms with Crippen LogP contribution in [0, 0.1) is 25.2 Å². The molecule has 2 aromatic heterocycles. The van der Waals surface area contributed by atoms with E-state index in [-0.39, 0.29) is 11.4 Å². The largest absolute Gasteiger partial charge is 0.450 e. The van der Waals surface area contributed by atoms with Crippen LogP contribution in [0.15, 0.2) is 42.1 Å². The number of nitrogens with zero attached hydrogens (tertiary/aromatic N) is 2. The third-order valence-corrected chi connectivity index (χ3v) is 5.28. The van der Waals surface area contributed by atoms with Gasteiger partial charge in [0.15, 0.2) is 6.10 Å². The second kappa shape index (κ2) is 9.45. The molecule has 1 N–H and O–H groups in total. The first-order valence-electron chi connectivity index (χ1n) is 9.96. The highest BCUT2D eigenvalue weighted by Crippen LogP contribution is 2.21. The number of ether oxygens (including phenoxy) is 2. The summed E-state index contributed by atoms with van der Waals surface area (Å²) in [5.74, 6) is -1.16. The normalized spacial score (nSPS) is 12.5. The summed E-state index contributed by atoms with van der Waals surface area (Å²) in [4.78, 5) is 28.5. The zero-order valence-corrected chi connectivity index (χ0v) is 18.1. The predicted molar refractivity (Wildman–Crippen MR) is 118 cm³/mol. The molecule has 0 unspecified atom stereocenters. The third-order valence-electron chi connectivity index (χ3n) is 5.28. The van der Waals surface area contributed by atoms with Gasteiger partial charge < -0.3 is 19.0 Å². The van der Waals surface area contributed by atoms with Gasteiger partial charge in [-0.15, -0.1) is 0 Å². The summed E-state index contributed by atoms with van der Waals surface area (Å²) in [6, 6.07) is 11.2. The van der Waals surface area contributed by atoms with E-state index in [1.165, 1.54) is 13.0 Å². The molecule has 0 radical (unpaired) electrons. The summed E-state index contributed by atoms with van der Waals surface area (Å²) in [6.07, 6.45) is 2.07. The molecule has 0 spiro atoms. The monoisotopic (exact) mass is 419 g/mol. The Labute approximate surface area is 180 Å². The zero-order chi connectivity index (χ0) is 22.5. The summed E-state index contributed by atoms with van der Waals surface area (Å²) in [5.41, 5.74) is 3.77. The topological polar surface area (TPSA) is 97.1 Å². The average Bonchev–Trinajstić information content (AvgIpc) is 3.30. The van der Waals surface area contributed by atoms with Gasteiger partial charge in [-0.05, 0) is 44.5 Å². The molecule has 0 saturated heterocycles. The van der Waals surface area contributed by atoms with E-state index >= 15 is 0 Å². The van der Waals surface area contributed by atoms with Gasteiger partial charge in [-0.1, -0.05) is 18.2 Å². The molecule has 2 heterocycles. The molecule has 7 nitrogen and oxygen atoms in total. The van der Waals surface area contributed by atoms with Crippen LogP contribution >= 0.6 is 0 Å². The first-order valence-corrected chi connectivity index (χ1v) is 9.96. The molecule has 0 amide bonds. The number of nitrogens with one attached hydrogen (secondary N) is 1. The zero-order valence-electron chi connectivity index (χ0n) is 18.1. The standard InChI is InChI=1S/C24H25N3O4/c1-15-11-18(16(2)27(15)9-10-30-4)12-19(13-25)24(29)31-17(3)23(28)21-14-26-22-8-6-5-7-20(21)22/h5-8,11-12,14,17,26H,9-10H2,1-4H3/b19-12+/t17-/m1/s1. The predicted octanol–water partition coefficient (Wildman–Crippen LogP) is 3.95. The number of para-hydroxylation sites is 1. The number of aryl methyl sites for hydroxylation is 1. The first kappa shape index (κ1) is 22.1. The number of esters is 1. The van der Waals surface area contributed by atoms with E-state index in [9.17, 15) is 14.9 Å². The second-order valence-corrected chi connectivity index (χ2v) is 7.30. The van der Waals surface area contributed by atoms with E-state index in [0.717, 1.165) is 27.9 Å². The molecule has 0 fully saturated rings. The van der Waals surface area contributed by atoms with Crippen molar-refractivity contribution >= 4 is 28.7 Å². The van der Waals surface area contributed by atoms with Gasteiger partial charge in [-0.3, -0.25) is 4.79 Å². The fourth-order valence-electron chi connectivity index (χ4n) is 3.56. The summed E-state index contributed by atoms with van der Waals surface area (Å²) < 4.78 is 12.5. The molecule has 3 aromatic rings. The third kappa shape index (κ3) is 4.60. The van der Waals surface area contributed by atoms with Crippen molar-refractivity contribution in [3.8, 4) is 6.07 Å². The highest BCUT2D eigenvalue weighted by molar-refractivity contribution is 6.10. The fourth-order valence-corrected chi connectivity index (χ4v) is 3.56. The lowest BCUT2D eigenvalue weighted by molar-refractivity contribution is -0.141. The van der Waals surface area contributed by atoms with Crippen LogP contribution in [0.25, 0.3) is 17.0 Å². The van der Waals surface area contributed by atoms with Crippen LogP contribution in [0.5, 0.6) is 0 Å². The van der Waals surface area contributed by atoms with Gasteiger partial charge in [-0.25, -0.2) is 4.79 Å². The molecule has 31 heavy (non-hydrogen) atoms. The lowest BCUT2D eigenvalue weighted by Crippen LogP contribution is -2.24. The van der Waals surface area contributed by atoms with Crippen molar-refractivity contribution in [1.82, 2.24) is 9.55 Å². The number of benzene rings is 1. The maximum absolute atomic E-state index is 12.8. The minimum atomic E-state index is -1.03. The van der Waals surface area contributed by atoms with Gasteiger partial charge >= 0.3 is 5.97 Å². The van der Waals surface area contributed by atoms with Crippen molar-refractivity contribution in [3.63, 3.8) is 0 Å². The van der Waals surface area contributed by atoms with E-state index in [1.807, 2.05) is 50.2 Å². The first-order chi connectivity index (χ1) is 14.9. The summed E-state index contributed by atoms with van der Waals surface area (Å²) in [6.45, 7) is 6.60. The molecular weight excluding hydrogens is 394 g/mol. The fraction of sp³-hybridized carbons (Fsp3) is 0.292. The van der Waals surface area contributed by atoms with Gasteiger partial charge in [0, 0.05) is 47.7 Å². The molecule has 3 rings (SSSR count). The quantitative estimate of drug-likeness (QED) is 0.258. The number of fused-ring (bicyclic) bond motifs is 1. The number of nitriles is 1. The summed E-state index contributed by atoms with van der Waals surface area (Å²) in [5, 5.41) is 10.3. The van der Waals surface area contributed by atoms with E-state index in [0.29, 0.717) is 18.7 Å². The van der Waals surface area contributed by atoms with Gasteiger partial charge in [0.25, 0.3) is 0 Å². The smallest absolute Gasteiger partial charge is 0.349 e. The highest BCUT2D eigenvalue weighted by atomic mass is 16.5. The molecule has 0 aliphatic rings. The van der Waals surface area contributed by atoms with Crippen molar-refractivity contribution in [2.75, 3.05) is 13.7 Å². The van der Waals surface area contributed by atoms with Crippen LogP contribution < -0.4 is 0 Å². The van der Waals surface area contributed by atoms with E-state index in [4.69, 9.17) is 9.47 Å². The summed E-state index contributed by atoms with van der Waals surface area (Å²) in [7, 11) is 1.64. The number of Topliss-reactive ketones (excluding diaryl/α,β-unsaturated/α-hetero) is 1. The number of carbonyl (C=O) groups excluding carboxylic acids is 2. The van der Waals surface area contributed by atoms with Crippen LogP contribution in [-0.4, -0.2) is 41.1 Å². The van der Waals surface area contributed by atoms with Crippen LogP contribution in [0.3, 0.4) is 0 Å². The summed E-state index contributed by atoms with van der Waals surface area (Å²) >= 11 is 0. The molecule has 0 aliphatic carbocycles. The Hall–Kier alpha value is -3.63. The van der Waals surface area contributed by atoms with Crippen LogP contribution in [0.1, 0.15) is 34.2 Å². The molecule has 160 valence electrons. The SMILES string of the molecule is COCCn1c(C)cc(/C=C(\C#N)C(=O)O[C@H](C)C(=O)c2c[nH]c3ccccc23)c1C. The highest BCUT2D eigenvalue weighted by Gasteiger charge is 2.24. The van der Waals surface area contributed by atoms with Crippen LogP contribution in [-0.2, 0) is 20.8 Å². The Kier molecular flexibility index (Phi) is 6.73. The number of hydrogen-bond acceptors (Lipinski definition) is 5. The maximum Gasteiger partial charge on any atom is 0.349 e. The Bertz CT molecular complexity index is 1190. The second-order valence-electron chi connectivity index (χ2n) is 7.30. The van der Waals surface area contributed by atoms with Crippen LogP contribution in [0.4, 0.5) is 0 Å². The molecule has 0 saturated carbocycles.